The summed E-state index contributed by atoms with van der Waals surface area (Å²) in [6.45, 7) is 5.23. The predicted molar refractivity (Wildman–Crippen MR) is 56.9 cm³/mol. The SMILES string of the molecule is Cn1nc2c(c1CN)CCC(C)(C)C2. The van der Waals surface area contributed by atoms with E-state index in [0.717, 1.165) is 12.8 Å². The lowest BCUT2D eigenvalue weighted by molar-refractivity contribution is 0.311. The van der Waals surface area contributed by atoms with E-state index < -0.39 is 0 Å². The summed E-state index contributed by atoms with van der Waals surface area (Å²) in [5, 5.41) is 4.55. The van der Waals surface area contributed by atoms with Crippen LogP contribution in [-0.4, -0.2) is 9.78 Å². The molecule has 0 unspecified atom stereocenters. The largest absolute Gasteiger partial charge is 0.325 e. The van der Waals surface area contributed by atoms with Gasteiger partial charge in [-0.3, -0.25) is 4.68 Å². The van der Waals surface area contributed by atoms with Crippen LogP contribution in [0.25, 0.3) is 0 Å². The van der Waals surface area contributed by atoms with E-state index >= 15 is 0 Å². The lowest BCUT2D eigenvalue weighted by Gasteiger charge is -2.28. The third-order valence-electron chi connectivity index (χ3n) is 3.25. The molecular formula is C11H19N3. The summed E-state index contributed by atoms with van der Waals surface area (Å²) in [7, 11) is 1.99. The summed E-state index contributed by atoms with van der Waals surface area (Å²) >= 11 is 0. The van der Waals surface area contributed by atoms with Gasteiger partial charge in [0.2, 0.25) is 0 Å². The summed E-state index contributed by atoms with van der Waals surface area (Å²) in [5.41, 5.74) is 10.0. The molecule has 1 heterocycles. The van der Waals surface area contributed by atoms with Gasteiger partial charge in [0.1, 0.15) is 0 Å². The number of rotatable bonds is 1. The Morgan fingerprint density at radius 2 is 2.21 bits per heavy atom. The summed E-state index contributed by atoms with van der Waals surface area (Å²) in [6.07, 6.45) is 3.48. The molecule has 0 bridgehead atoms. The molecule has 14 heavy (non-hydrogen) atoms. The van der Waals surface area contributed by atoms with Crippen molar-refractivity contribution in [3.05, 3.63) is 17.0 Å². The molecule has 0 amide bonds. The normalized spacial score (nSPS) is 19.4. The first kappa shape index (κ1) is 9.71. The number of hydrogen-bond donors (Lipinski definition) is 1. The first-order chi connectivity index (χ1) is 6.53. The highest BCUT2D eigenvalue weighted by Gasteiger charge is 2.29. The summed E-state index contributed by atoms with van der Waals surface area (Å²) in [5.74, 6) is 0. The Bertz CT molecular complexity index is 350. The van der Waals surface area contributed by atoms with Crippen LogP contribution < -0.4 is 5.73 Å². The fraction of sp³-hybridized carbons (Fsp3) is 0.727. The Hall–Kier alpha value is -0.830. The Labute approximate surface area is 85.3 Å². The van der Waals surface area contributed by atoms with Crippen LogP contribution in [0.4, 0.5) is 0 Å². The topological polar surface area (TPSA) is 43.8 Å². The maximum absolute atomic E-state index is 5.73. The minimum absolute atomic E-state index is 0.410. The third kappa shape index (κ3) is 1.46. The number of aromatic nitrogens is 2. The lowest BCUT2D eigenvalue weighted by atomic mass is 9.76. The first-order valence-electron chi connectivity index (χ1n) is 5.27. The summed E-state index contributed by atoms with van der Waals surface area (Å²) in [6, 6.07) is 0. The third-order valence-corrected chi connectivity index (χ3v) is 3.25. The highest BCUT2D eigenvalue weighted by molar-refractivity contribution is 5.29. The average molecular weight is 193 g/mol. The van der Waals surface area contributed by atoms with Crippen molar-refractivity contribution < 1.29 is 0 Å². The Kier molecular flexibility index (Phi) is 2.14. The standard InChI is InChI=1S/C11H19N3/c1-11(2)5-4-8-9(6-11)13-14(3)10(8)7-12/h4-7,12H2,1-3H3. The Morgan fingerprint density at radius 3 is 2.86 bits per heavy atom. The molecule has 1 aromatic rings. The molecular weight excluding hydrogens is 174 g/mol. The van der Waals surface area contributed by atoms with Gasteiger partial charge in [0.05, 0.1) is 11.4 Å². The van der Waals surface area contributed by atoms with E-state index in [-0.39, 0.29) is 0 Å². The molecule has 2 N–H and O–H groups in total. The fourth-order valence-electron chi connectivity index (χ4n) is 2.35. The van der Waals surface area contributed by atoms with Crippen LogP contribution in [0.15, 0.2) is 0 Å². The molecule has 0 saturated heterocycles. The van der Waals surface area contributed by atoms with Crippen LogP contribution in [0.1, 0.15) is 37.2 Å². The molecule has 1 aromatic heterocycles. The zero-order valence-electron chi connectivity index (χ0n) is 9.30. The van der Waals surface area contributed by atoms with Crippen LogP contribution in [0.2, 0.25) is 0 Å². The summed E-state index contributed by atoms with van der Waals surface area (Å²) in [4.78, 5) is 0. The van der Waals surface area contributed by atoms with Gasteiger partial charge in [0.25, 0.3) is 0 Å². The van der Waals surface area contributed by atoms with Crippen LogP contribution in [0.3, 0.4) is 0 Å². The molecule has 3 heteroatoms. The molecule has 0 saturated carbocycles. The van der Waals surface area contributed by atoms with Gasteiger partial charge in [-0.05, 0) is 30.2 Å². The van der Waals surface area contributed by atoms with E-state index in [1.54, 1.807) is 0 Å². The second-order valence-electron chi connectivity index (χ2n) is 5.04. The molecule has 0 spiro atoms. The van der Waals surface area contributed by atoms with Crippen molar-refractivity contribution in [1.29, 1.82) is 0 Å². The van der Waals surface area contributed by atoms with Crippen LogP contribution in [0, 0.1) is 5.41 Å². The second kappa shape index (κ2) is 3.09. The molecule has 0 aromatic carbocycles. The van der Waals surface area contributed by atoms with Gasteiger partial charge in [-0.1, -0.05) is 13.8 Å². The van der Waals surface area contributed by atoms with Gasteiger partial charge in [-0.2, -0.15) is 5.10 Å². The van der Waals surface area contributed by atoms with Crippen molar-refractivity contribution in [2.45, 2.75) is 39.7 Å². The highest BCUT2D eigenvalue weighted by atomic mass is 15.3. The van der Waals surface area contributed by atoms with Gasteiger partial charge in [-0.15, -0.1) is 0 Å². The van der Waals surface area contributed by atoms with Crippen molar-refractivity contribution in [3.8, 4) is 0 Å². The number of nitrogens with two attached hydrogens (primary N) is 1. The van der Waals surface area contributed by atoms with Crippen molar-refractivity contribution >= 4 is 0 Å². The van der Waals surface area contributed by atoms with Crippen LogP contribution >= 0.6 is 0 Å². The number of nitrogens with zero attached hydrogens (tertiary/aromatic N) is 2. The second-order valence-corrected chi connectivity index (χ2v) is 5.04. The summed E-state index contributed by atoms with van der Waals surface area (Å²) < 4.78 is 1.95. The van der Waals surface area contributed by atoms with E-state index in [9.17, 15) is 0 Å². The molecule has 78 valence electrons. The minimum Gasteiger partial charge on any atom is -0.325 e. The zero-order valence-corrected chi connectivity index (χ0v) is 9.30. The molecule has 1 aliphatic carbocycles. The Morgan fingerprint density at radius 1 is 1.50 bits per heavy atom. The van der Waals surface area contributed by atoms with E-state index in [0.29, 0.717) is 12.0 Å². The van der Waals surface area contributed by atoms with Crippen molar-refractivity contribution in [3.63, 3.8) is 0 Å². The van der Waals surface area contributed by atoms with E-state index in [2.05, 4.69) is 18.9 Å². The van der Waals surface area contributed by atoms with Gasteiger partial charge in [0, 0.05) is 13.6 Å². The van der Waals surface area contributed by atoms with Gasteiger partial charge < -0.3 is 5.73 Å². The van der Waals surface area contributed by atoms with Crippen LogP contribution in [0.5, 0.6) is 0 Å². The van der Waals surface area contributed by atoms with Crippen molar-refractivity contribution in [1.82, 2.24) is 9.78 Å². The average Bonchev–Trinajstić information content (AvgIpc) is 2.37. The fourth-order valence-corrected chi connectivity index (χ4v) is 2.35. The van der Waals surface area contributed by atoms with Crippen molar-refractivity contribution in [2.75, 3.05) is 0 Å². The lowest BCUT2D eigenvalue weighted by Crippen LogP contribution is -2.22. The molecule has 0 fully saturated rings. The van der Waals surface area contributed by atoms with Crippen molar-refractivity contribution in [2.24, 2.45) is 18.2 Å². The predicted octanol–water partition coefficient (Wildman–Crippen LogP) is 1.39. The van der Waals surface area contributed by atoms with E-state index in [1.807, 2.05) is 11.7 Å². The van der Waals surface area contributed by atoms with E-state index in [1.165, 1.54) is 23.4 Å². The van der Waals surface area contributed by atoms with Gasteiger partial charge in [0.15, 0.2) is 0 Å². The molecule has 0 aliphatic heterocycles. The smallest absolute Gasteiger partial charge is 0.0665 e. The maximum Gasteiger partial charge on any atom is 0.0665 e. The molecule has 3 nitrogen and oxygen atoms in total. The van der Waals surface area contributed by atoms with E-state index in [4.69, 9.17) is 5.73 Å². The number of fused-ring (bicyclic) bond motifs is 1. The minimum atomic E-state index is 0.410. The monoisotopic (exact) mass is 193 g/mol. The Balaban J connectivity index is 2.41. The molecule has 0 radical (unpaired) electrons. The van der Waals surface area contributed by atoms with Crippen LogP contribution in [-0.2, 0) is 26.4 Å². The zero-order chi connectivity index (χ0) is 10.3. The number of hydrogen-bond acceptors (Lipinski definition) is 2. The molecule has 2 rings (SSSR count). The van der Waals surface area contributed by atoms with Gasteiger partial charge in [-0.25, -0.2) is 0 Å². The first-order valence-corrected chi connectivity index (χ1v) is 5.27. The van der Waals surface area contributed by atoms with Gasteiger partial charge >= 0.3 is 0 Å². The maximum atomic E-state index is 5.73. The highest BCUT2D eigenvalue weighted by Crippen LogP contribution is 2.35. The molecule has 1 aliphatic rings. The molecule has 0 atom stereocenters. The number of aryl methyl sites for hydroxylation is 1. The quantitative estimate of drug-likeness (QED) is 0.732.